The van der Waals surface area contributed by atoms with Gasteiger partial charge in [-0.05, 0) is 37.5 Å². The maximum atomic E-state index is 13.0. The van der Waals surface area contributed by atoms with Gasteiger partial charge in [0.25, 0.3) is 0 Å². The van der Waals surface area contributed by atoms with Gasteiger partial charge in [0.15, 0.2) is 0 Å². The number of benzene rings is 1. The Morgan fingerprint density at radius 1 is 1.24 bits per heavy atom. The first kappa shape index (κ1) is 24.5. The van der Waals surface area contributed by atoms with Crippen LogP contribution in [0.25, 0.3) is 0 Å². The molecule has 3 heterocycles. The quantitative estimate of drug-likeness (QED) is 0.503. The Bertz CT molecular complexity index is 1060. The van der Waals surface area contributed by atoms with Crippen molar-refractivity contribution in [2.45, 2.75) is 64.3 Å². The van der Waals surface area contributed by atoms with Crippen LogP contribution in [0, 0.1) is 5.92 Å². The normalized spacial score (nSPS) is 30.4. The van der Waals surface area contributed by atoms with Crippen molar-refractivity contribution < 1.29 is 23.8 Å². The standard InChI is InChI=1S/C26H31ClN2O5/c1-15-7-5-6-8-18-14-21(34-26(31)28-18)16(2)25-20(33-25)9-10-23(30)29(3)19-12-17(11-15)13-22(32-4)24(19)27/h5-7,12-13,16,20-21,25H,8-11,14H2,1-4H3/b6-5+,15-7+/t16-,20+,21+,25+/m1/s1. The molecule has 4 rings (SSSR count). The molecule has 7 nitrogen and oxygen atoms in total. The molecule has 0 unspecified atom stereocenters. The number of amides is 2. The highest BCUT2D eigenvalue weighted by atomic mass is 35.5. The summed E-state index contributed by atoms with van der Waals surface area (Å²) in [6.07, 6.45) is 7.94. The van der Waals surface area contributed by atoms with Crippen LogP contribution in [0.2, 0.25) is 5.02 Å². The molecule has 4 atom stereocenters. The molecule has 34 heavy (non-hydrogen) atoms. The van der Waals surface area contributed by atoms with E-state index in [1.807, 2.05) is 44.2 Å². The van der Waals surface area contributed by atoms with Gasteiger partial charge in [0.05, 0.1) is 25.0 Å². The van der Waals surface area contributed by atoms with Crippen LogP contribution in [-0.2, 0) is 20.7 Å². The fraction of sp³-hybridized carbons (Fsp3) is 0.500. The fourth-order valence-corrected chi connectivity index (χ4v) is 4.92. The van der Waals surface area contributed by atoms with Crippen LogP contribution in [0.1, 0.15) is 45.1 Å². The molecule has 4 bridgehead atoms. The van der Waals surface area contributed by atoms with Gasteiger partial charge in [-0.1, -0.05) is 42.3 Å². The number of aliphatic imine (C=N–C) groups is 1. The van der Waals surface area contributed by atoms with Gasteiger partial charge >= 0.3 is 6.09 Å². The first-order chi connectivity index (χ1) is 16.3. The first-order valence-corrected chi connectivity index (χ1v) is 12.0. The average Bonchev–Trinajstić information content (AvgIpc) is 3.59. The SMILES string of the molecule is COc1cc2cc(c1Cl)N(C)C(=O)CC[C@@H]1O[C@H]1[C@H](C)[C@@H]1CC(=NC(=O)O1)C/C=C/C=C(\C)C2. The lowest BCUT2D eigenvalue weighted by Gasteiger charge is -2.26. The molecular formula is C26H31ClN2O5. The minimum absolute atomic E-state index is 0.0240. The summed E-state index contributed by atoms with van der Waals surface area (Å²) in [4.78, 5) is 30.7. The maximum absolute atomic E-state index is 13.0. The van der Waals surface area contributed by atoms with E-state index in [4.69, 9.17) is 25.8 Å². The lowest BCUT2D eigenvalue weighted by molar-refractivity contribution is -0.118. The number of fused-ring (bicyclic) bond motifs is 5. The summed E-state index contributed by atoms with van der Waals surface area (Å²) in [6, 6.07) is 3.84. The number of carbonyl (C=O) groups is 2. The van der Waals surface area contributed by atoms with Gasteiger partial charge in [-0.15, -0.1) is 0 Å². The van der Waals surface area contributed by atoms with Gasteiger partial charge in [0, 0.05) is 37.9 Å². The van der Waals surface area contributed by atoms with E-state index in [1.165, 1.54) is 0 Å². The lowest BCUT2D eigenvalue weighted by atomic mass is 9.92. The lowest BCUT2D eigenvalue weighted by Crippen LogP contribution is -2.34. The van der Waals surface area contributed by atoms with Crippen LogP contribution in [0.5, 0.6) is 5.75 Å². The van der Waals surface area contributed by atoms with Crippen LogP contribution >= 0.6 is 11.6 Å². The van der Waals surface area contributed by atoms with Crippen LogP contribution in [0.3, 0.4) is 0 Å². The smallest absolute Gasteiger partial charge is 0.433 e. The fourth-order valence-electron chi connectivity index (χ4n) is 4.61. The Kier molecular flexibility index (Phi) is 7.43. The number of ether oxygens (including phenoxy) is 3. The number of hydrogen-bond acceptors (Lipinski definition) is 5. The molecule has 0 radical (unpaired) electrons. The highest BCUT2D eigenvalue weighted by Crippen LogP contribution is 2.39. The van der Waals surface area contributed by atoms with Crippen molar-refractivity contribution in [3.8, 4) is 5.75 Å². The Labute approximate surface area is 205 Å². The predicted octanol–water partition coefficient (Wildman–Crippen LogP) is 5.29. The Balaban J connectivity index is 1.62. The van der Waals surface area contributed by atoms with Crippen molar-refractivity contribution in [2.75, 3.05) is 19.1 Å². The predicted molar refractivity (Wildman–Crippen MR) is 132 cm³/mol. The Morgan fingerprint density at radius 3 is 2.79 bits per heavy atom. The molecule has 0 aliphatic carbocycles. The van der Waals surface area contributed by atoms with Crippen molar-refractivity contribution in [1.82, 2.24) is 0 Å². The van der Waals surface area contributed by atoms with Crippen LogP contribution in [0.4, 0.5) is 10.5 Å². The van der Waals surface area contributed by atoms with Gasteiger partial charge < -0.3 is 19.1 Å². The van der Waals surface area contributed by atoms with Crippen molar-refractivity contribution in [3.63, 3.8) is 0 Å². The molecule has 0 N–H and O–H groups in total. The third kappa shape index (κ3) is 5.53. The number of epoxide rings is 1. The third-order valence-electron chi connectivity index (χ3n) is 6.70. The summed E-state index contributed by atoms with van der Waals surface area (Å²) in [6.45, 7) is 4.07. The van der Waals surface area contributed by atoms with Crippen LogP contribution in [-0.4, -0.2) is 50.2 Å². The maximum Gasteiger partial charge on any atom is 0.433 e. The number of allylic oxidation sites excluding steroid dienone is 4. The van der Waals surface area contributed by atoms with Crippen molar-refractivity contribution in [3.05, 3.63) is 46.5 Å². The summed E-state index contributed by atoms with van der Waals surface area (Å²) >= 11 is 6.57. The molecule has 8 heteroatoms. The summed E-state index contributed by atoms with van der Waals surface area (Å²) < 4.78 is 16.8. The number of hydrogen-bond donors (Lipinski definition) is 0. The Morgan fingerprint density at radius 2 is 2.03 bits per heavy atom. The van der Waals surface area contributed by atoms with E-state index in [2.05, 4.69) is 4.99 Å². The molecule has 0 aromatic heterocycles. The number of carbonyl (C=O) groups excluding carboxylic acids is 2. The summed E-state index contributed by atoms with van der Waals surface area (Å²) in [5, 5.41) is 0.415. The number of methoxy groups -OCH3 is 1. The van der Waals surface area contributed by atoms with Gasteiger partial charge in [-0.2, -0.15) is 4.99 Å². The molecule has 1 fully saturated rings. The summed E-state index contributed by atoms with van der Waals surface area (Å²) in [7, 11) is 3.31. The van der Waals surface area contributed by atoms with Gasteiger partial charge in [0.1, 0.15) is 16.9 Å². The highest BCUT2D eigenvalue weighted by Gasteiger charge is 2.47. The average molecular weight is 487 g/mol. The number of anilines is 1. The first-order valence-electron chi connectivity index (χ1n) is 11.6. The minimum Gasteiger partial charge on any atom is -0.495 e. The molecule has 3 aliphatic heterocycles. The summed E-state index contributed by atoms with van der Waals surface area (Å²) in [5.74, 6) is 0.517. The van der Waals surface area contributed by atoms with Crippen molar-refractivity contribution in [1.29, 1.82) is 0 Å². The topological polar surface area (TPSA) is 80.7 Å². The van der Waals surface area contributed by atoms with Gasteiger partial charge in [-0.3, -0.25) is 4.79 Å². The zero-order valence-corrected chi connectivity index (χ0v) is 20.8. The van der Waals surface area contributed by atoms with Gasteiger partial charge in [0.2, 0.25) is 5.91 Å². The largest absolute Gasteiger partial charge is 0.495 e. The number of nitrogens with zero attached hydrogens (tertiary/aromatic N) is 2. The molecule has 1 saturated heterocycles. The van der Waals surface area contributed by atoms with Crippen LogP contribution in [0.15, 0.2) is 40.9 Å². The second-order valence-corrected chi connectivity index (χ2v) is 9.63. The second kappa shape index (κ2) is 10.3. The van der Waals surface area contributed by atoms with E-state index in [-0.39, 0.29) is 30.1 Å². The zero-order valence-electron chi connectivity index (χ0n) is 20.0. The van der Waals surface area contributed by atoms with Crippen LogP contribution < -0.4 is 9.64 Å². The monoisotopic (exact) mass is 486 g/mol. The molecule has 1 aromatic carbocycles. The van der Waals surface area contributed by atoms with Crippen molar-refractivity contribution in [2.24, 2.45) is 10.9 Å². The number of halogens is 1. The van der Waals surface area contributed by atoms with E-state index in [0.717, 1.165) is 16.8 Å². The second-order valence-electron chi connectivity index (χ2n) is 9.25. The van der Waals surface area contributed by atoms with E-state index < -0.39 is 6.09 Å². The molecule has 0 saturated carbocycles. The molecule has 3 aliphatic rings. The third-order valence-corrected chi connectivity index (χ3v) is 7.08. The Hall–Kier alpha value is -2.64. The van der Waals surface area contributed by atoms with Gasteiger partial charge in [-0.25, -0.2) is 4.79 Å². The van der Waals surface area contributed by atoms with E-state index in [1.54, 1.807) is 19.1 Å². The molecular weight excluding hydrogens is 456 g/mol. The van der Waals surface area contributed by atoms with E-state index in [0.29, 0.717) is 48.6 Å². The van der Waals surface area contributed by atoms with E-state index >= 15 is 0 Å². The molecule has 1 aromatic rings. The minimum atomic E-state index is -0.539. The summed E-state index contributed by atoms with van der Waals surface area (Å²) in [5.41, 5.74) is 3.57. The zero-order chi connectivity index (χ0) is 24.4. The van der Waals surface area contributed by atoms with Crippen molar-refractivity contribution >= 4 is 35.0 Å². The molecule has 2 amide bonds. The van der Waals surface area contributed by atoms with E-state index in [9.17, 15) is 9.59 Å². The highest BCUT2D eigenvalue weighted by molar-refractivity contribution is 6.35. The molecule has 0 spiro atoms. The number of rotatable bonds is 1. The molecule has 182 valence electrons.